The molecule has 5 nitrogen and oxygen atoms in total. The van der Waals surface area contributed by atoms with Gasteiger partial charge in [0, 0.05) is 51.4 Å². The van der Waals surface area contributed by atoms with E-state index in [1.807, 2.05) is 29.3 Å². The van der Waals surface area contributed by atoms with Crippen molar-refractivity contribution in [3.8, 4) is 0 Å². The first kappa shape index (κ1) is 15.8. The fraction of sp³-hybridized carbons (Fsp3) is 0.625. The number of hydrogen-bond donors (Lipinski definition) is 1. The first-order chi connectivity index (χ1) is 10.2. The summed E-state index contributed by atoms with van der Waals surface area (Å²) < 4.78 is 0. The Morgan fingerprint density at radius 2 is 2.10 bits per heavy atom. The molecule has 0 aliphatic carbocycles. The number of anilines is 1. The summed E-state index contributed by atoms with van der Waals surface area (Å²) in [6.45, 7) is 8.38. The summed E-state index contributed by atoms with van der Waals surface area (Å²) in [6, 6.07) is 6.43. The standard InChI is InChI=1S/C16H26N4O/c1-3-14(2)17-9-7-16(21)20-12-10-19(11-13-20)15-6-4-5-8-18-15/h4-6,8,14,17H,3,7,9-13H2,1-2H3. The number of pyridine rings is 1. The third-order valence-electron chi connectivity index (χ3n) is 4.05. The average molecular weight is 290 g/mol. The van der Waals surface area contributed by atoms with Gasteiger partial charge in [0.2, 0.25) is 5.91 Å². The van der Waals surface area contributed by atoms with Crippen LogP contribution in [0.25, 0.3) is 0 Å². The molecule has 0 aromatic carbocycles. The van der Waals surface area contributed by atoms with Gasteiger partial charge in [0.15, 0.2) is 0 Å². The molecular formula is C16H26N4O. The van der Waals surface area contributed by atoms with Crippen LogP contribution in [0.15, 0.2) is 24.4 Å². The number of carbonyl (C=O) groups excluding carboxylic acids is 1. The summed E-state index contributed by atoms with van der Waals surface area (Å²) in [6.07, 6.45) is 3.50. The molecule has 2 heterocycles. The highest BCUT2D eigenvalue weighted by Crippen LogP contribution is 2.12. The van der Waals surface area contributed by atoms with Crippen molar-refractivity contribution in [1.29, 1.82) is 0 Å². The van der Waals surface area contributed by atoms with Gasteiger partial charge in [-0.3, -0.25) is 4.79 Å². The van der Waals surface area contributed by atoms with E-state index >= 15 is 0 Å². The number of nitrogens with zero attached hydrogens (tertiary/aromatic N) is 3. The van der Waals surface area contributed by atoms with E-state index < -0.39 is 0 Å². The van der Waals surface area contributed by atoms with Crippen molar-refractivity contribution in [2.75, 3.05) is 37.6 Å². The highest BCUT2D eigenvalue weighted by Gasteiger charge is 2.21. The van der Waals surface area contributed by atoms with Crippen molar-refractivity contribution in [2.24, 2.45) is 0 Å². The van der Waals surface area contributed by atoms with Crippen LogP contribution in [0.1, 0.15) is 26.7 Å². The predicted molar refractivity (Wildman–Crippen MR) is 85.4 cm³/mol. The SMILES string of the molecule is CCC(C)NCCC(=O)N1CCN(c2ccccn2)CC1. The molecule has 1 aliphatic heterocycles. The third-order valence-corrected chi connectivity index (χ3v) is 4.05. The molecule has 1 aromatic rings. The fourth-order valence-corrected chi connectivity index (χ4v) is 2.45. The average Bonchev–Trinajstić information content (AvgIpc) is 2.55. The van der Waals surface area contributed by atoms with E-state index in [1.54, 1.807) is 0 Å². The molecule has 1 unspecified atom stereocenters. The minimum absolute atomic E-state index is 0.256. The van der Waals surface area contributed by atoms with Crippen LogP contribution in [-0.4, -0.2) is 54.6 Å². The topological polar surface area (TPSA) is 48.5 Å². The van der Waals surface area contributed by atoms with E-state index in [0.717, 1.165) is 45.0 Å². The van der Waals surface area contributed by atoms with Crippen LogP contribution in [-0.2, 0) is 4.79 Å². The van der Waals surface area contributed by atoms with E-state index in [-0.39, 0.29) is 5.91 Å². The summed E-state index contributed by atoms with van der Waals surface area (Å²) >= 11 is 0. The van der Waals surface area contributed by atoms with E-state index in [2.05, 4.69) is 29.0 Å². The van der Waals surface area contributed by atoms with Gasteiger partial charge in [-0.05, 0) is 25.5 Å². The Kier molecular flexibility index (Phi) is 5.99. The fourth-order valence-electron chi connectivity index (χ4n) is 2.45. The van der Waals surface area contributed by atoms with Crippen LogP contribution >= 0.6 is 0 Å². The van der Waals surface area contributed by atoms with Crippen LogP contribution in [0.3, 0.4) is 0 Å². The molecule has 1 N–H and O–H groups in total. The summed E-state index contributed by atoms with van der Waals surface area (Å²) in [5, 5.41) is 3.37. The zero-order valence-electron chi connectivity index (χ0n) is 13.1. The van der Waals surface area contributed by atoms with E-state index in [9.17, 15) is 4.79 Å². The maximum Gasteiger partial charge on any atom is 0.223 e. The van der Waals surface area contributed by atoms with Gasteiger partial charge in [0.1, 0.15) is 5.82 Å². The van der Waals surface area contributed by atoms with Gasteiger partial charge in [-0.25, -0.2) is 4.98 Å². The number of rotatable bonds is 6. The Bertz CT molecular complexity index is 429. The summed E-state index contributed by atoms with van der Waals surface area (Å²) in [5.74, 6) is 1.26. The molecule has 1 aliphatic rings. The Labute approximate surface area is 127 Å². The molecule has 0 radical (unpaired) electrons. The Morgan fingerprint density at radius 1 is 1.33 bits per heavy atom. The van der Waals surface area contributed by atoms with Crippen LogP contribution in [0, 0.1) is 0 Å². The van der Waals surface area contributed by atoms with Crippen LogP contribution in [0.4, 0.5) is 5.82 Å². The predicted octanol–water partition coefficient (Wildman–Crippen LogP) is 1.51. The maximum absolute atomic E-state index is 12.2. The van der Waals surface area contributed by atoms with Crippen molar-refractivity contribution < 1.29 is 4.79 Å². The lowest BCUT2D eigenvalue weighted by molar-refractivity contribution is -0.131. The number of carbonyl (C=O) groups is 1. The summed E-state index contributed by atoms with van der Waals surface area (Å²) in [4.78, 5) is 20.7. The van der Waals surface area contributed by atoms with Crippen LogP contribution in [0.2, 0.25) is 0 Å². The molecule has 1 amide bonds. The number of amides is 1. The van der Waals surface area contributed by atoms with Gasteiger partial charge in [-0.2, -0.15) is 0 Å². The normalized spacial score (nSPS) is 16.9. The Morgan fingerprint density at radius 3 is 2.71 bits per heavy atom. The second-order valence-corrected chi connectivity index (χ2v) is 5.57. The van der Waals surface area contributed by atoms with Crippen molar-refractivity contribution in [2.45, 2.75) is 32.7 Å². The molecule has 21 heavy (non-hydrogen) atoms. The van der Waals surface area contributed by atoms with Gasteiger partial charge in [-0.1, -0.05) is 13.0 Å². The van der Waals surface area contributed by atoms with Gasteiger partial charge in [-0.15, -0.1) is 0 Å². The summed E-state index contributed by atoms with van der Waals surface area (Å²) in [7, 11) is 0. The van der Waals surface area contributed by atoms with Crippen LogP contribution in [0.5, 0.6) is 0 Å². The molecule has 0 saturated carbocycles. The Hall–Kier alpha value is -1.62. The van der Waals surface area contributed by atoms with E-state index in [4.69, 9.17) is 0 Å². The quantitative estimate of drug-likeness (QED) is 0.863. The molecule has 2 rings (SSSR count). The lowest BCUT2D eigenvalue weighted by atomic mass is 10.2. The summed E-state index contributed by atoms with van der Waals surface area (Å²) in [5.41, 5.74) is 0. The molecule has 1 fully saturated rings. The largest absolute Gasteiger partial charge is 0.353 e. The highest BCUT2D eigenvalue weighted by molar-refractivity contribution is 5.76. The molecule has 116 valence electrons. The van der Waals surface area contributed by atoms with Crippen LogP contribution < -0.4 is 10.2 Å². The second-order valence-electron chi connectivity index (χ2n) is 5.57. The first-order valence-corrected chi connectivity index (χ1v) is 7.88. The minimum atomic E-state index is 0.256. The zero-order chi connectivity index (χ0) is 15.1. The van der Waals surface area contributed by atoms with Crippen molar-refractivity contribution in [1.82, 2.24) is 15.2 Å². The lowest BCUT2D eigenvalue weighted by Gasteiger charge is -2.35. The zero-order valence-corrected chi connectivity index (χ0v) is 13.1. The molecule has 1 aromatic heterocycles. The highest BCUT2D eigenvalue weighted by atomic mass is 16.2. The number of aromatic nitrogens is 1. The lowest BCUT2D eigenvalue weighted by Crippen LogP contribution is -2.49. The molecule has 5 heteroatoms. The van der Waals surface area contributed by atoms with E-state index in [0.29, 0.717) is 12.5 Å². The number of nitrogens with one attached hydrogen (secondary N) is 1. The second kappa shape index (κ2) is 7.98. The number of hydrogen-bond acceptors (Lipinski definition) is 4. The molecule has 0 spiro atoms. The van der Waals surface area contributed by atoms with Gasteiger partial charge in [0.25, 0.3) is 0 Å². The first-order valence-electron chi connectivity index (χ1n) is 7.88. The number of piperazine rings is 1. The minimum Gasteiger partial charge on any atom is -0.353 e. The maximum atomic E-state index is 12.2. The van der Waals surface area contributed by atoms with Crippen molar-refractivity contribution in [3.05, 3.63) is 24.4 Å². The van der Waals surface area contributed by atoms with E-state index in [1.165, 1.54) is 0 Å². The molecule has 0 bridgehead atoms. The smallest absolute Gasteiger partial charge is 0.223 e. The molecular weight excluding hydrogens is 264 g/mol. The van der Waals surface area contributed by atoms with Gasteiger partial charge in [0.05, 0.1) is 0 Å². The Balaban J connectivity index is 1.72. The van der Waals surface area contributed by atoms with Crippen molar-refractivity contribution in [3.63, 3.8) is 0 Å². The van der Waals surface area contributed by atoms with Gasteiger partial charge < -0.3 is 15.1 Å². The third kappa shape index (κ3) is 4.70. The van der Waals surface area contributed by atoms with Gasteiger partial charge >= 0.3 is 0 Å². The monoisotopic (exact) mass is 290 g/mol. The molecule has 1 atom stereocenters. The molecule has 1 saturated heterocycles. The van der Waals surface area contributed by atoms with Crippen molar-refractivity contribution >= 4 is 11.7 Å².